The number of hydrogen-bond acceptors (Lipinski definition) is 5. The summed E-state index contributed by atoms with van der Waals surface area (Å²) in [7, 11) is 0. The van der Waals surface area contributed by atoms with Crippen LogP contribution < -0.4 is 0 Å². The second-order valence-electron chi connectivity index (χ2n) is 3.21. The van der Waals surface area contributed by atoms with E-state index in [4.69, 9.17) is 0 Å². The number of cyclic esters (lactones) is 1. The molecule has 0 spiro atoms. The Kier molecular flexibility index (Phi) is 1.88. The highest BCUT2D eigenvalue weighted by atomic mass is 16.6. The molecule has 0 aromatic rings. The van der Waals surface area contributed by atoms with Gasteiger partial charge in [-0.1, -0.05) is 0 Å². The molecule has 0 N–H and O–H groups in total. The summed E-state index contributed by atoms with van der Waals surface area (Å²) in [4.78, 5) is 36.0. The summed E-state index contributed by atoms with van der Waals surface area (Å²) < 4.78 is 4.60. The van der Waals surface area contributed by atoms with Gasteiger partial charge in [-0.3, -0.25) is 19.7 Å². The lowest BCUT2D eigenvalue weighted by Crippen LogP contribution is -2.28. The quantitative estimate of drug-likeness (QED) is 0.256. The zero-order chi connectivity index (χ0) is 11.2. The van der Waals surface area contributed by atoms with Crippen LogP contribution in [0.3, 0.4) is 0 Å². The van der Waals surface area contributed by atoms with E-state index in [1.165, 1.54) is 6.92 Å². The Bertz CT molecular complexity index is 448. The number of esters is 1. The molecular weight excluding hydrogens is 204 g/mol. The Morgan fingerprint density at radius 3 is 2.80 bits per heavy atom. The highest BCUT2D eigenvalue weighted by molar-refractivity contribution is 6.14. The minimum Gasteiger partial charge on any atom is -0.460 e. The van der Waals surface area contributed by atoms with Gasteiger partial charge in [0.05, 0.1) is 10.5 Å². The Morgan fingerprint density at radius 2 is 2.20 bits per heavy atom. The largest absolute Gasteiger partial charge is 0.460 e. The third-order valence-corrected chi connectivity index (χ3v) is 2.31. The van der Waals surface area contributed by atoms with Crippen molar-refractivity contribution in [2.45, 2.75) is 6.92 Å². The van der Waals surface area contributed by atoms with Crippen LogP contribution in [0.1, 0.15) is 6.92 Å². The Hall–Kier alpha value is -2.05. The number of nitrogens with zero attached hydrogens (tertiary/aromatic N) is 2. The number of allylic oxidation sites excluding steroid dienone is 1. The van der Waals surface area contributed by atoms with Gasteiger partial charge in [0, 0.05) is 0 Å². The van der Waals surface area contributed by atoms with Gasteiger partial charge in [0.15, 0.2) is 5.92 Å². The average Bonchev–Trinajstić information content (AvgIpc) is 2.47. The third-order valence-electron chi connectivity index (χ3n) is 2.31. The Balaban J connectivity index is 2.59. The summed E-state index contributed by atoms with van der Waals surface area (Å²) in [5.41, 5.74) is -0.137. The van der Waals surface area contributed by atoms with E-state index in [0.717, 1.165) is 0 Å². The molecule has 1 fully saturated rings. The van der Waals surface area contributed by atoms with Gasteiger partial charge < -0.3 is 4.74 Å². The lowest BCUT2D eigenvalue weighted by Gasteiger charge is -2.10. The molecule has 0 aromatic carbocycles. The number of ether oxygens (including phenoxy) is 1. The van der Waals surface area contributed by atoms with Gasteiger partial charge in [0.25, 0.3) is 11.6 Å². The molecule has 2 rings (SSSR count). The molecule has 1 unspecified atom stereocenters. The molecule has 2 aliphatic heterocycles. The second kappa shape index (κ2) is 2.97. The molecule has 0 radical (unpaired) electrons. The first-order valence-corrected chi connectivity index (χ1v) is 4.16. The van der Waals surface area contributed by atoms with E-state index in [9.17, 15) is 19.7 Å². The van der Waals surface area contributed by atoms with Crippen molar-refractivity contribution >= 4 is 17.6 Å². The second-order valence-corrected chi connectivity index (χ2v) is 3.21. The first-order chi connectivity index (χ1) is 7.02. The standard InChI is InChI=1S/C8H6N2O5/c1-3-6(10(13)14)4-2-15-8(12)5(4)7(11)9-3/h5H,2H2,1H3. The van der Waals surface area contributed by atoms with Crippen molar-refractivity contribution in [2.75, 3.05) is 6.61 Å². The molecule has 1 saturated heterocycles. The third kappa shape index (κ3) is 1.24. The van der Waals surface area contributed by atoms with E-state index in [1.807, 2.05) is 0 Å². The van der Waals surface area contributed by atoms with Crippen molar-refractivity contribution in [3.05, 3.63) is 21.4 Å². The zero-order valence-electron chi connectivity index (χ0n) is 7.72. The van der Waals surface area contributed by atoms with Crippen LogP contribution in [0.15, 0.2) is 16.3 Å². The summed E-state index contributed by atoms with van der Waals surface area (Å²) in [5, 5.41) is 10.7. The highest BCUT2D eigenvalue weighted by Gasteiger charge is 2.46. The summed E-state index contributed by atoms with van der Waals surface area (Å²) in [5.74, 6) is -2.64. The Labute approximate surface area is 83.6 Å². The van der Waals surface area contributed by atoms with E-state index in [-0.39, 0.29) is 23.6 Å². The molecule has 15 heavy (non-hydrogen) atoms. The van der Waals surface area contributed by atoms with E-state index in [2.05, 4.69) is 9.73 Å². The molecule has 2 aliphatic rings. The molecule has 7 nitrogen and oxygen atoms in total. The number of amides is 1. The predicted octanol–water partition coefficient (Wildman–Crippen LogP) is -0.309. The lowest BCUT2D eigenvalue weighted by molar-refractivity contribution is -0.416. The van der Waals surface area contributed by atoms with Gasteiger partial charge in [-0.25, -0.2) is 4.99 Å². The SMILES string of the molecule is CC1=NC(=O)C2C(=O)OCC2=C1[N+](=O)[O-]. The molecule has 2 heterocycles. The van der Waals surface area contributed by atoms with Crippen molar-refractivity contribution in [1.29, 1.82) is 0 Å². The van der Waals surface area contributed by atoms with Crippen molar-refractivity contribution in [1.82, 2.24) is 0 Å². The van der Waals surface area contributed by atoms with E-state index in [0.29, 0.717) is 0 Å². The molecule has 1 amide bonds. The fourth-order valence-electron chi connectivity index (χ4n) is 1.68. The number of carbonyl (C=O) groups excluding carboxylic acids is 2. The van der Waals surface area contributed by atoms with Crippen molar-refractivity contribution in [2.24, 2.45) is 10.9 Å². The van der Waals surface area contributed by atoms with Crippen molar-refractivity contribution in [3.8, 4) is 0 Å². The van der Waals surface area contributed by atoms with Gasteiger partial charge in [0.1, 0.15) is 12.3 Å². The van der Waals surface area contributed by atoms with Crippen LogP contribution in [0.25, 0.3) is 0 Å². The van der Waals surface area contributed by atoms with Gasteiger partial charge in [-0.05, 0) is 6.92 Å². The molecule has 1 atom stereocenters. The van der Waals surface area contributed by atoms with Crippen LogP contribution in [0.2, 0.25) is 0 Å². The maximum absolute atomic E-state index is 11.3. The summed E-state index contributed by atoms with van der Waals surface area (Å²) >= 11 is 0. The molecular formula is C8H6N2O5. The van der Waals surface area contributed by atoms with Crippen LogP contribution in [0.5, 0.6) is 0 Å². The minimum atomic E-state index is -1.20. The number of hydrogen-bond donors (Lipinski definition) is 0. The maximum atomic E-state index is 11.3. The first kappa shape index (κ1) is 9.50. The maximum Gasteiger partial charge on any atom is 0.323 e. The van der Waals surface area contributed by atoms with Crippen molar-refractivity contribution in [3.63, 3.8) is 0 Å². The average molecular weight is 210 g/mol. The number of nitro groups is 1. The number of dihydropyridines is 1. The fraction of sp³-hybridized carbons (Fsp3) is 0.375. The van der Waals surface area contributed by atoms with Gasteiger partial charge >= 0.3 is 5.97 Å². The Morgan fingerprint density at radius 1 is 1.53 bits per heavy atom. The fourth-order valence-corrected chi connectivity index (χ4v) is 1.68. The highest BCUT2D eigenvalue weighted by Crippen LogP contribution is 2.30. The summed E-state index contributed by atoms with van der Waals surface area (Å²) in [6.45, 7) is 1.17. The molecule has 0 saturated carbocycles. The predicted molar refractivity (Wildman–Crippen MR) is 46.6 cm³/mol. The smallest absolute Gasteiger partial charge is 0.323 e. The summed E-state index contributed by atoms with van der Waals surface area (Å²) in [6.07, 6.45) is 0. The van der Waals surface area contributed by atoms with Gasteiger partial charge in [-0.15, -0.1) is 0 Å². The monoisotopic (exact) mass is 210 g/mol. The van der Waals surface area contributed by atoms with Gasteiger partial charge in [-0.2, -0.15) is 0 Å². The van der Waals surface area contributed by atoms with Crippen LogP contribution in [-0.2, 0) is 14.3 Å². The molecule has 0 aliphatic carbocycles. The number of carbonyl (C=O) groups is 2. The molecule has 78 valence electrons. The minimum absolute atomic E-state index is 0.0227. The van der Waals surface area contributed by atoms with E-state index < -0.39 is 22.7 Å². The lowest BCUT2D eigenvalue weighted by atomic mass is 9.95. The van der Waals surface area contributed by atoms with E-state index in [1.54, 1.807) is 0 Å². The normalized spacial score (nSPS) is 24.9. The number of fused-ring (bicyclic) bond motifs is 1. The van der Waals surface area contributed by atoms with E-state index >= 15 is 0 Å². The number of aliphatic imine (C=N–C) groups is 1. The molecule has 0 aromatic heterocycles. The topological polar surface area (TPSA) is 98.9 Å². The van der Waals surface area contributed by atoms with Crippen LogP contribution in [-0.4, -0.2) is 29.1 Å². The first-order valence-electron chi connectivity index (χ1n) is 4.16. The van der Waals surface area contributed by atoms with Crippen LogP contribution in [0, 0.1) is 16.0 Å². The molecule has 0 bridgehead atoms. The molecule has 7 heteroatoms. The van der Waals surface area contributed by atoms with Crippen molar-refractivity contribution < 1.29 is 19.2 Å². The summed E-state index contributed by atoms with van der Waals surface area (Å²) in [6, 6.07) is 0. The van der Waals surface area contributed by atoms with Gasteiger partial charge in [0.2, 0.25) is 0 Å². The van der Waals surface area contributed by atoms with Crippen LogP contribution in [0.4, 0.5) is 0 Å². The zero-order valence-corrected chi connectivity index (χ0v) is 7.72. The van der Waals surface area contributed by atoms with Crippen LogP contribution >= 0.6 is 0 Å². The number of rotatable bonds is 1.